The molecule has 0 radical (unpaired) electrons. The van der Waals surface area contributed by atoms with E-state index in [9.17, 15) is 5.26 Å². The zero-order valence-corrected chi connectivity index (χ0v) is 21.5. The molecule has 168 valence electrons. The molecule has 3 heteroatoms. The van der Waals surface area contributed by atoms with E-state index in [0.717, 1.165) is 0 Å². The van der Waals surface area contributed by atoms with Crippen molar-refractivity contribution in [1.29, 1.82) is 5.26 Å². The topological polar surface area (TPSA) is 23.8 Å². The molecule has 0 heterocycles. The summed E-state index contributed by atoms with van der Waals surface area (Å²) in [7, 11) is -2.21. The minimum absolute atomic E-state index is 0. The molecule has 0 spiro atoms. The number of hydrogen-bond acceptors (Lipinski definition) is 1. The van der Waals surface area contributed by atoms with Gasteiger partial charge in [-0.25, -0.2) is 0 Å². The molecular weight excluding hydrogens is 509 g/mol. The third kappa shape index (κ3) is 3.64. The van der Waals surface area contributed by atoms with Crippen LogP contribution in [0.25, 0.3) is 11.1 Å². The molecule has 0 amide bonds. The van der Waals surface area contributed by atoms with Gasteiger partial charge in [0.25, 0.3) is 0 Å². The Morgan fingerprint density at radius 3 is 1.49 bits per heavy atom. The molecule has 0 fully saturated rings. The van der Waals surface area contributed by atoms with E-state index in [1.165, 1.54) is 38.2 Å². The standard InChI is InChI=1S/C32H23NP.BrH/c33-23-24-20-21-29-28-18-10-11-19-30(28)32(31(29)22-24)34(25-12-4-1-5-13-25,26-14-6-2-7-15-26)27-16-8-3-9-17-27;/h1-22,32H;1H/q+1;/p-1. The minimum atomic E-state index is -2.21. The molecule has 0 saturated carbocycles. The molecule has 0 saturated heterocycles. The Labute approximate surface area is 217 Å². The van der Waals surface area contributed by atoms with E-state index in [2.05, 4.69) is 133 Å². The molecule has 1 aliphatic carbocycles. The van der Waals surface area contributed by atoms with Gasteiger partial charge in [-0.15, -0.1) is 0 Å². The van der Waals surface area contributed by atoms with E-state index in [1.807, 2.05) is 6.07 Å². The average molecular weight is 532 g/mol. The molecule has 6 rings (SSSR count). The number of nitrogens with zero attached hydrogens (tertiary/aromatic N) is 1. The van der Waals surface area contributed by atoms with Crippen molar-refractivity contribution in [1.82, 2.24) is 0 Å². The van der Waals surface area contributed by atoms with Crippen LogP contribution in [-0.4, -0.2) is 0 Å². The van der Waals surface area contributed by atoms with Crippen LogP contribution in [0.15, 0.2) is 133 Å². The van der Waals surface area contributed by atoms with E-state index < -0.39 is 7.26 Å². The van der Waals surface area contributed by atoms with Crippen molar-refractivity contribution < 1.29 is 17.0 Å². The highest BCUT2D eigenvalue weighted by molar-refractivity contribution is 7.96. The quantitative estimate of drug-likeness (QED) is 0.325. The van der Waals surface area contributed by atoms with Crippen LogP contribution in [0.2, 0.25) is 0 Å². The van der Waals surface area contributed by atoms with Gasteiger partial charge in [-0.1, -0.05) is 84.9 Å². The molecule has 1 atom stereocenters. The summed E-state index contributed by atoms with van der Waals surface area (Å²) in [5.74, 6) is 0. The first-order valence-corrected chi connectivity index (χ1v) is 13.4. The van der Waals surface area contributed by atoms with Crippen molar-refractivity contribution in [3.05, 3.63) is 150 Å². The smallest absolute Gasteiger partial charge is 0.135 e. The third-order valence-electron chi connectivity index (χ3n) is 6.90. The van der Waals surface area contributed by atoms with Gasteiger partial charge in [0.05, 0.1) is 11.6 Å². The molecule has 35 heavy (non-hydrogen) atoms. The largest absolute Gasteiger partial charge is 1.00 e. The summed E-state index contributed by atoms with van der Waals surface area (Å²) >= 11 is 0. The van der Waals surface area contributed by atoms with Crippen LogP contribution in [0.4, 0.5) is 0 Å². The second kappa shape index (κ2) is 9.63. The molecule has 1 unspecified atom stereocenters. The maximum absolute atomic E-state index is 9.79. The Bertz CT molecular complexity index is 1410. The molecule has 1 nitrogen and oxygen atoms in total. The molecule has 5 aromatic carbocycles. The summed E-state index contributed by atoms with van der Waals surface area (Å²) in [6.07, 6.45) is 0. The summed E-state index contributed by atoms with van der Waals surface area (Å²) < 4.78 is 0. The second-order valence-electron chi connectivity index (χ2n) is 8.63. The molecule has 0 N–H and O–H groups in total. The summed E-state index contributed by atoms with van der Waals surface area (Å²) in [4.78, 5) is 0. The van der Waals surface area contributed by atoms with Crippen LogP contribution in [-0.2, 0) is 0 Å². The van der Waals surface area contributed by atoms with Crippen molar-refractivity contribution in [3.8, 4) is 17.2 Å². The summed E-state index contributed by atoms with van der Waals surface area (Å²) in [6.45, 7) is 0. The number of hydrogen-bond donors (Lipinski definition) is 0. The van der Waals surface area contributed by atoms with Crippen LogP contribution >= 0.6 is 7.26 Å². The zero-order chi connectivity index (χ0) is 23.0. The number of benzene rings is 5. The van der Waals surface area contributed by atoms with E-state index in [1.54, 1.807) is 0 Å². The first-order chi connectivity index (χ1) is 16.8. The van der Waals surface area contributed by atoms with Gasteiger partial charge in [0.1, 0.15) is 28.8 Å². The Hall–Kier alpha value is -3.50. The molecule has 5 aromatic rings. The van der Waals surface area contributed by atoms with Crippen molar-refractivity contribution in [2.24, 2.45) is 0 Å². The predicted molar refractivity (Wildman–Crippen MR) is 144 cm³/mol. The van der Waals surface area contributed by atoms with Gasteiger partial charge >= 0.3 is 0 Å². The number of rotatable bonds is 4. The van der Waals surface area contributed by atoms with Crippen molar-refractivity contribution in [3.63, 3.8) is 0 Å². The summed E-state index contributed by atoms with van der Waals surface area (Å²) in [5, 5.41) is 13.8. The second-order valence-corrected chi connectivity index (χ2v) is 12.1. The monoisotopic (exact) mass is 531 g/mol. The summed E-state index contributed by atoms with van der Waals surface area (Å²) in [6, 6.07) is 50.4. The van der Waals surface area contributed by atoms with Gasteiger partial charge in [0.15, 0.2) is 0 Å². The Balaban J connectivity index is 0.00000253. The van der Waals surface area contributed by atoms with E-state index in [0.29, 0.717) is 5.56 Å². The lowest BCUT2D eigenvalue weighted by molar-refractivity contribution is -0.00000664. The molecule has 1 aliphatic rings. The van der Waals surface area contributed by atoms with Crippen molar-refractivity contribution in [2.45, 2.75) is 5.66 Å². The Kier molecular flexibility index (Phi) is 6.40. The van der Waals surface area contributed by atoms with E-state index >= 15 is 0 Å². The Morgan fingerprint density at radius 2 is 0.971 bits per heavy atom. The van der Waals surface area contributed by atoms with Crippen LogP contribution in [0.5, 0.6) is 0 Å². The summed E-state index contributed by atoms with van der Waals surface area (Å²) in [5.41, 5.74) is 5.96. The normalized spacial score (nSPS) is 13.7. The van der Waals surface area contributed by atoms with Gasteiger partial charge in [0.2, 0.25) is 0 Å². The first kappa shape index (κ1) is 23.3. The van der Waals surface area contributed by atoms with Gasteiger partial charge in [-0.3, -0.25) is 0 Å². The van der Waals surface area contributed by atoms with Gasteiger partial charge < -0.3 is 17.0 Å². The number of nitriles is 1. The van der Waals surface area contributed by atoms with Crippen LogP contribution < -0.4 is 32.9 Å². The lowest BCUT2D eigenvalue weighted by Crippen LogP contribution is -3.00. The van der Waals surface area contributed by atoms with Gasteiger partial charge in [-0.05, 0) is 59.7 Å². The van der Waals surface area contributed by atoms with Crippen LogP contribution in [0.1, 0.15) is 22.3 Å². The fraction of sp³-hybridized carbons (Fsp3) is 0.0312. The molecule has 0 aliphatic heterocycles. The van der Waals surface area contributed by atoms with Crippen molar-refractivity contribution >= 4 is 23.2 Å². The first-order valence-electron chi connectivity index (χ1n) is 11.5. The molecule has 0 aromatic heterocycles. The highest BCUT2D eigenvalue weighted by Gasteiger charge is 2.56. The van der Waals surface area contributed by atoms with Crippen LogP contribution in [0, 0.1) is 11.3 Å². The molecular formula is C32H23BrNP. The van der Waals surface area contributed by atoms with E-state index in [4.69, 9.17) is 0 Å². The average Bonchev–Trinajstić information content (AvgIpc) is 3.25. The highest BCUT2D eigenvalue weighted by atomic mass is 79.9. The maximum Gasteiger partial charge on any atom is 0.135 e. The minimum Gasteiger partial charge on any atom is -1.00 e. The fourth-order valence-electron chi connectivity index (χ4n) is 5.55. The SMILES string of the molecule is N#Cc1ccc2c(c1)C([P+](c1ccccc1)(c1ccccc1)c1ccccc1)c1ccccc1-2.[Br-]. The lowest BCUT2D eigenvalue weighted by Gasteiger charge is -2.34. The zero-order valence-electron chi connectivity index (χ0n) is 19.1. The Morgan fingerprint density at radius 1 is 0.514 bits per heavy atom. The maximum atomic E-state index is 9.79. The van der Waals surface area contributed by atoms with Gasteiger partial charge in [0, 0.05) is 11.1 Å². The number of fused-ring (bicyclic) bond motifs is 3. The van der Waals surface area contributed by atoms with E-state index in [-0.39, 0.29) is 22.6 Å². The van der Waals surface area contributed by atoms with Crippen molar-refractivity contribution in [2.75, 3.05) is 0 Å². The van der Waals surface area contributed by atoms with Gasteiger partial charge in [-0.2, -0.15) is 5.26 Å². The fourth-order valence-corrected chi connectivity index (χ4v) is 10.5. The lowest BCUT2D eigenvalue weighted by atomic mass is 10.0. The number of halogens is 1. The predicted octanol–water partition coefficient (Wildman–Crippen LogP) is 3.63. The highest BCUT2D eigenvalue weighted by Crippen LogP contribution is 2.72. The molecule has 0 bridgehead atoms. The van der Waals surface area contributed by atoms with Crippen LogP contribution in [0.3, 0.4) is 0 Å². The third-order valence-corrected chi connectivity index (χ3v) is 11.6.